The van der Waals surface area contributed by atoms with E-state index < -0.39 is 5.91 Å². The van der Waals surface area contributed by atoms with Crippen molar-refractivity contribution < 1.29 is 9.59 Å². The first-order valence-electron chi connectivity index (χ1n) is 9.64. The number of amides is 2. The zero-order chi connectivity index (χ0) is 21.6. The van der Waals surface area contributed by atoms with E-state index in [0.29, 0.717) is 11.5 Å². The highest BCUT2D eigenvalue weighted by atomic mass is 16.2. The minimum absolute atomic E-state index is 0.0530. The number of aryl methyl sites for hydroxylation is 1. The Labute approximate surface area is 172 Å². The van der Waals surface area contributed by atoms with Gasteiger partial charge in [0.05, 0.1) is 0 Å². The predicted molar refractivity (Wildman–Crippen MR) is 114 cm³/mol. The number of nitrogens with zero attached hydrogens (tertiary/aromatic N) is 2. The van der Waals surface area contributed by atoms with Gasteiger partial charge in [-0.25, -0.2) is 0 Å². The molecule has 0 spiro atoms. The number of nitrogens with one attached hydrogen (secondary N) is 2. The number of carbonyl (C=O) groups excluding carboxylic acids is 2. The largest absolute Gasteiger partial charge is 0.355 e. The Bertz CT molecular complexity index is 977. The molecule has 0 aliphatic rings. The maximum absolute atomic E-state index is 12.5. The van der Waals surface area contributed by atoms with Gasteiger partial charge in [0, 0.05) is 37.1 Å². The number of benzene rings is 1. The Morgan fingerprint density at radius 1 is 1.24 bits per heavy atom. The van der Waals surface area contributed by atoms with Crippen LogP contribution in [0.5, 0.6) is 0 Å². The lowest BCUT2D eigenvalue weighted by atomic mass is 10.1. The number of hydrogen-bond donors (Lipinski definition) is 2. The molecule has 0 saturated carbocycles. The third-order valence-electron chi connectivity index (χ3n) is 4.69. The van der Waals surface area contributed by atoms with Gasteiger partial charge >= 0.3 is 0 Å². The summed E-state index contributed by atoms with van der Waals surface area (Å²) in [5.74, 6) is -0.125. The Balaban J connectivity index is 2.16. The molecule has 2 N–H and O–H groups in total. The molecule has 2 aromatic rings. The molecule has 0 aliphatic heterocycles. The van der Waals surface area contributed by atoms with E-state index >= 15 is 0 Å². The van der Waals surface area contributed by atoms with E-state index in [0.717, 1.165) is 29.1 Å². The second-order valence-corrected chi connectivity index (χ2v) is 7.46. The van der Waals surface area contributed by atoms with Gasteiger partial charge in [-0.15, -0.1) is 0 Å². The Kier molecular flexibility index (Phi) is 7.38. The summed E-state index contributed by atoms with van der Waals surface area (Å²) in [6.07, 6.45) is 1.63. The summed E-state index contributed by atoms with van der Waals surface area (Å²) in [4.78, 5) is 24.3. The zero-order valence-electron chi connectivity index (χ0n) is 17.7. The fraction of sp³-hybridized carbons (Fsp3) is 0.348. The summed E-state index contributed by atoms with van der Waals surface area (Å²) in [6.45, 7) is 9.45. The van der Waals surface area contributed by atoms with Crippen molar-refractivity contribution in [3.63, 3.8) is 0 Å². The first-order chi connectivity index (χ1) is 13.8. The number of aromatic nitrogens is 1. The lowest BCUT2D eigenvalue weighted by Gasteiger charge is -2.12. The van der Waals surface area contributed by atoms with Crippen LogP contribution in [0.1, 0.15) is 46.7 Å². The van der Waals surface area contributed by atoms with Crippen molar-refractivity contribution in [2.24, 2.45) is 5.92 Å². The second kappa shape index (κ2) is 9.74. The summed E-state index contributed by atoms with van der Waals surface area (Å²) in [7, 11) is 1.57. The molecule has 0 saturated heterocycles. The summed E-state index contributed by atoms with van der Waals surface area (Å²) >= 11 is 0. The monoisotopic (exact) mass is 392 g/mol. The van der Waals surface area contributed by atoms with Crippen molar-refractivity contribution in [3.05, 3.63) is 64.0 Å². The molecule has 0 aliphatic carbocycles. The summed E-state index contributed by atoms with van der Waals surface area (Å²) < 4.78 is 2.20. The van der Waals surface area contributed by atoms with Gasteiger partial charge in [0.15, 0.2) is 0 Å². The van der Waals surface area contributed by atoms with Crippen molar-refractivity contribution in [1.82, 2.24) is 15.2 Å². The number of hydrogen-bond acceptors (Lipinski definition) is 3. The van der Waals surface area contributed by atoms with Crippen molar-refractivity contribution >= 4 is 17.9 Å². The summed E-state index contributed by atoms with van der Waals surface area (Å²) in [5, 5.41) is 14.8. The zero-order valence-corrected chi connectivity index (χ0v) is 17.7. The Morgan fingerprint density at radius 3 is 2.59 bits per heavy atom. The van der Waals surface area contributed by atoms with E-state index in [1.807, 2.05) is 32.0 Å². The van der Waals surface area contributed by atoms with Crippen LogP contribution in [-0.2, 0) is 17.9 Å². The van der Waals surface area contributed by atoms with E-state index in [1.165, 1.54) is 0 Å². The van der Waals surface area contributed by atoms with Gasteiger partial charge in [-0.2, -0.15) is 5.26 Å². The Morgan fingerprint density at radius 2 is 1.97 bits per heavy atom. The fourth-order valence-electron chi connectivity index (χ4n) is 3.17. The lowest BCUT2D eigenvalue weighted by Crippen LogP contribution is -2.24. The van der Waals surface area contributed by atoms with E-state index in [2.05, 4.69) is 29.0 Å². The SMILES string of the molecule is CNC(=O)c1cccc(CNC(=O)/C(C#N)=C\c2cc(C)n(CC(C)C)c2C)c1. The third-order valence-corrected chi connectivity index (χ3v) is 4.69. The number of carbonyl (C=O) groups is 2. The van der Waals surface area contributed by atoms with Gasteiger partial charge in [-0.05, 0) is 55.2 Å². The van der Waals surface area contributed by atoms with Crippen LogP contribution in [0.15, 0.2) is 35.9 Å². The van der Waals surface area contributed by atoms with E-state index in [4.69, 9.17) is 0 Å². The van der Waals surface area contributed by atoms with Gasteiger partial charge in [-0.3, -0.25) is 9.59 Å². The molecule has 6 nitrogen and oxygen atoms in total. The van der Waals surface area contributed by atoms with Crippen LogP contribution in [0.4, 0.5) is 0 Å². The van der Waals surface area contributed by atoms with Crippen LogP contribution < -0.4 is 10.6 Å². The van der Waals surface area contributed by atoms with Crippen LogP contribution in [0, 0.1) is 31.1 Å². The molecule has 2 rings (SSSR count). The van der Waals surface area contributed by atoms with Gasteiger partial charge < -0.3 is 15.2 Å². The average molecular weight is 393 g/mol. The van der Waals surface area contributed by atoms with Crippen molar-refractivity contribution in [1.29, 1.82) is 5.26 Å². The average Bonchev–Trinajstić information content (AvgIpc) is 2.96. The molecule has 2 amide bonds. The molecule has 1 heterocycles. The van der Waals surface area contributed by atoms with Crippen LogP contribution in [-0.4, -0.2) is 23.4 Å². The highest BCUT2D eigenvalue weighted by Crippen LogP contribution is 2.20. The number of nitriles is 1. The first-order valence-corrected chi connectivity index (χ1v) is 9.64. The summed E-state index contributed by atoms with van der Waals surface area (Å²) in [5.41, 5.74) is 4.37. The Hall–Kier alpha value is -3.33. The van der Waals surface area contributed by atoms with Gasteiger partial charge in [0.2, 0.25) is 0 Å². The van der Waals surface area contributed by atoms with Crippen molar-refractivity contribution in [2.45, 2.75) is 40.8 Å². The molecule has 6 heteroatoms. The molecular formula is C23H28N4O2. The van der Waals surface area contributed by atoms with E-state index in [1.54, 1.807) is 31.3 Å². The minimum atomic E-state index is -0.438. The maximum atomic E-state index is 12.5. The van der Waals surface area contributed by atoms with Gasteiger partial charge in [0.25, 0.3) is 11.8 Å². The van der Waals surface area contributed by atoms with E-state index in [9.17, 15) is 14.9 Å². The quantitative estimate of drug-likeness (QED) is 0.560. The molecule has 0 fully saturated rings. The molecule has 0 unspecified atom stereocenters. The topological polar surface area (TPSA) is 86.9 Å². The number of rotatable bonds is 7. The fourth-order valence-corrected chi connectivity index (χ4v) is 3.17. The van der Waals surface area contributed by atoms with Crippen molar-refractivity contribution in [2.75, 3.05) is 7.05 Å². The molecule has 1 aromatic heterocycles. The highest BCUT2D eigenvalue weighted by molar-refractivity contribution is 6.01. The van der Waals surface area contributed by atoms with E-state index in [-0.39, 0.29) is 18.0 Å². The molecule has 0 bridgehead atoms. The molecule has 0 atom stereocenters. The first kappa shape index (κ1) is 22.0. The molecular weight excluding hydrogens is 364 g/mol. The van der Waals surface area contributed by atoms with Gasteiger partial charge in [0.1, 0.15) is 11.6 Å². The smallest absolute Gasteiger partial charge is 0.262 e. The van der Waals surface area contributed by atoms with Crippen molar-refractivity contribution in [3.8, 4) is 6.07 Å². The standard InChI is InChI=1S/C23H28N4O2/c1-15(2)14-27-16(3)9-20(17(27)4)11-21(12-24)23(29)26-13-18-7-6-8-19(10-18)22(28)25-5/h6-11,15H,13-14H2,1-5H3,(H,25,28)(H,26,29)/b21-11-. The normalized spacial score (nSPS) is 11.3. The highest BCUT2D eigenvalue weighted by Gasteiger charge is 2.13. The minimum Gasteiger partial charge on any atom is -0.355 e. The van der Waals surface area contributed by atoms with Crippen LogP contribution in [0.2, 0.25) is 0 Å². The van der Waals surface area contributed by atoms with Crippen LogP contribution >= 0.6 is 0 Å². The molecule has 1 aromatic carbocycles. The summed E-state index contributed by atoms with van der Waals surface area (Å²) in [6, 6.07) is 11.0. The third kappa shape index (κ3) is 5.58. The molecule has 0 radical (unpaired) electrons. The lowest BCUT2D eigenvalue weighted by molar-refractivity contribution is -0.117. The van der Waals surface area contributed by atoms with Crippen LogP contribution in [0.25, 0.3) is 6.08 Å². The van der Waals surface area contributed by atoms with Gasteiger partial charge in [-0.1, -0.05) is 26.0 Å². The molecule has 152 valence electrons. The predicted octanol–water partition coefficient (Wildman–Crippen LogP) is 3.34. The maximum Gasteiger partial charge on any atom is 0.262 e. The van der Waals surface area contributed by atoms with Crippen LogP contribution in [0.3, 0.4) is 0 Å². The molecule has 29 heavy (non-hydrogen) atoms. The second-order valence-electron chi connectivity index (χ2n) is 7.46.